The van der Waals surface area contributed by atoms with Crippen molar-refractivity contribution in [1.82, 2.24) is 5.32 Å². The number of piperidine rings is 1. The Balaban J connectivity index is 1.62. The van der Waals surface area contributed by atoms with Gasteiger partial charge in [-0.1, -0.05) is 18.2 Å². The SMILES string of the molecule is NC(=O)c1ccc(N2CCCCC2)c(NC(=O)CCNC(=O)c2ccccc2)c1. The van der Waals surface area contributed by atoms with Crippen LogP contribution in [-0.2, 0) is 4.79 Å². The Morgan fingerprint density at radius 3 is 2.34 bits per heavy atom. The maximum absolute atomic E-state index is 12.4. The Bertz CT molecular complexity index is 877. The van der Waals surface area contributed by atoms with E-state index in [0.29, 0.717) is 16.8 Å². The van der Waals surface area contributed by atoms with Crippen LogP contribution in [0, 0.1) is 0 Å². The van der Waals surface area contributed by atoms with Crippen molar-refractivity contribution < 1.29 is 14.4 Å². The number of primary amides is 1. The van der Waals surface area contributed by atoms with Crippen LogP contribution in [0.25, 0.3) is 0 Å². The standard InChI is InChI=1S/C22H26N4O3/c23-21(28)17-9-10-19(26-13-5-2-6-14-26)18(15-17)25-20(27)11-12-24-22(29)16-7-3-1-4-8-16/h1,3-4,7-10,15H,2,5-6,11-14H2,(H2,23,28)(H,24,29)(H,25,27). The average Bonchev–Trinajstić information content (AvgIpc) is 2.74. The number of hydrogen-bond acceptors (Lipinski definition) is 4. The smallest absolute Gasteiger partial charge is 0.251 e. The summed E-state index contributed by atoms with van der Waals surface area (Å²) in [6.07, 6.45) is 3.50. The Kier molecular flexibility index (Phi) is 6.84. The summed E-state index contributed by atoms with van der Waals surface area (Å²) in [5.74, 6) is -0.998. The number of nitrogens with zero attached hydrogens (tertiary/aromatic N) is 1. The lowest BCUT2D eigenvalue weighted by Crippen LogP contribution is -2.31. The first-order valence-corrected chi connectivity index (χ1v) is 9.86. The van der Waals surface area contributed by atoms with Crippen LogP contribution in [0.5, 0.6) is 0 Å². The molecule has 4 N–H and O–H groups in total. The highest BCUT2D eigenvalue weighted by molar-refractivity contribution is 5.99. The largest absolute Gasteiger partial charge is 0.370 e. The van der Waals surface area contributed by atoms with Gasteiger partial charge in [-0.25, -0.2) is 0 Å². The topological polar surface area (TPSA) is 105 Å². The molecular formula is C22H26N4O3. The molecule has 152 valence electrons. The quantitative estimate of drug-likeness (QED) is 0.671. The summed E-state index contributed by atoms with van der Waals surface area (Å²) in [7, 11) is 0. The summed E-state index contributed by atoms with van der Waals surface area (Å²) in [6, 6.07) is 14.0. The van der Waals surface area contributed by atoms with E-state index >= 15 is 0 Å². The summed E-state index contributed by atoms with van der Waals surface area (Å²) >= 11 is 0. The van der Waals surface area contributed by atoms with Gasteiger partial charge in [0.2, 0.25) is 11.8 Å². The number of hydrogen-bond donors (Lipinski definition) is 3. The molecule has 1 aliphatic heterocycles. The fourth-order valence-corrected chi connectivity index (χ4v) is 3.39. The Hall–Kier alpha value is -3.35. The zero-order valence-electron chi connectivity index (χ0n) is 16.3. The van der Waals surface area contributed by atoms with Crippen LogP contribution < -0.4 is 21.3 Å². The van der Waals surface area contributed by atoms with Gasteiger partial charge in [0, 0.05) is 37.2 Å². The number of carbonyl (C=O) groups excluding carboxylic acids is 3. The molecule has 0 aliphatic carbocycles. The Morgan fingerprint density at radius 1 is 0.931 bits per heavy atom. The van der Waals surface area contributed by atoms with E-state index in [-0.39, 0.29) is 24.8 Å². The molecular weight excluding hydrogens is 368 g/mol. The summed E-state index contributed by atoms with van der Waals surface area (Å²) in [4.78, 5) is 38.3. The van der Waals surface area contributed by atoms with Gasteiger partial charge in [-0.15, -0.1) is 0 Å². The van der Waals surface area contributed by atoms with Crippen LogP contribution in [0.2, 0.25) is 0 Å². The van der Waals surface area contributed by atoms with Gasteiger partial charge in [0.25, 0.3) is 5.91 Å². The molecule has 2 aromatic rings. The van der Waals surface area contributed by atoms with Crippen molar-refractivity contribution in [3.63, 3.8) is 0 Å². The van der Waals surface area contributed by atoms with Gasteiger partial charge in [-0.3, -0.25) is 14.4 Å². The van der Waals surface area contributed by atoms with E-state index in [0.717, 1.165) is 31.6 Å². The molecule has 7 nitrogen and oxygen atoms in total. The van der Waals surface area contributed by atoms with E-state index in [1.54, 1.807) is 36.4 Å². The third kappa shape index (κ3) is 5.57. The van der Waals surface area contributed by atoms with E-state index < -0.39 is 5.91 Å². The zero-order chi connectivity index (χ0) is 20.6. The average molecular weight is 394 g/mol. The lowest BCUT2D eigenvalue weighted by Gasteiger charge is -2.30. The van der Waals surface area contributed by atoms with Crippen molar-refractivity contribution in [2.75, 3.05) is 29.9 Å². The van der Waals surface area contributed by atoms with Crippen molar-refractivity contribution in [3.05, 3.63) is 59.7 Å². The number of rotatable bonds is 7. The van der Waals surface area contributed by atoms with Gasteiger partial charge in [-0.2, -0.15) is 0 Å². The van der Waals surface area contributed by atoms with Gasteiger partial charge in [0.15, 0.2) is 0 Å². The number of nitrogens with one attached hydrogen (secondary N) is 2. The minimum atomic E-state index is -0.541. The summed E-state index contributed by atoms with van der Waals surface area (Å²) < 4.78 is 0. The van der Waals surface area contributed by atoms with Crippen molar-refractivity contribution in [1.29, 1.82) is 0 Å². The number of nitrogens with two attached hydrogens (primary N) is 1. The first-order valence-electron chi connectivity index (χ1n) is 9.86. The van der Waals surface area contributed by atoms with Crippen molar-refractivity contribution >= 4 is 29.1 Å². The van der Waals surface area contributed by atoms with Gasteiger partial charge in [0.1, 0.15) is 0 Å². The molecule has 1 fully saturated rings. The maximum atomic E-state index is 12.4. The fraction of sp³-hybridized carbons (Fsp3) is 0.318. The predicted octanol–water partition coefficient (Wildman–Crippen LogP) is 2.53. The van der Waals surface area contributed by atoms with Gasteiger partial charge in [-0.05, 0) is 49.6 Å². The van der Waals surface area contributed by atoms with Crippen molar-refractivity contribution in [2.24, 2.45) is 5.73 Å². The van der Waals surface area contributed by atoms with Crippen molar-refractivity contribution in [2.45, 2.75) is 25.7 Å². The minimum absolute atomic E-state index is 0.124. The van der Waals surface area contributed by atoms with E-state index in [4.69, 9.17) is 5.73 Å². The molecule has 3 rings (SSSR count). The third-order valence-corrected chi connectivity index (χ3v) is 4.93. The summed E-state index contributed by atoms with van der Waals surface area (Å²) in [5.41, 5.74) is 7.75. The molecule has 7 heteroatoms. The van der Waals surface area contributed by atoms with E-state index in [2.05, 4.69) is 15.5 Å². The molecule has 2 aromatic carbocycles. The van der Waals surface area contributed by atoms with E-state index in [9.17, 15) is 14.4 Å². The molecule has 0 bridgehead atoms. The Labute approximate surface area is 170 Å². The van der Waals surface area contributed by atoms with Crippen LogP contribution in [0.15, 0.2) is 48.5 Å². The molecule has 0 radical (unpaired) electrons. The fourth-order valence-electron chi connectivity index (χ4n) is 3.39. The molecule has 0 spiro atoms. The molecule has 1 heterocycles. The molecule has 3 amide bonds. The molecule has 0 aromatic heterocycles. The molecule has 1 aliphatic rings. The van der Waals surface area contributed by atoms with Crippen LogP contribution in [0.3, 0.4) is 0 Å². The van der Waals surface area contributed by atoms with Crippen molar-refractivity contribution in [3.8, 4) is 0 Å². The summed E-state index contributed by atoms with van der Waals surface area (Å²) in [6.45, 7) is 2.03. The number of amides is 3. The van der Waals surface area contributed by atoms with E-state index in [1.165, 1.54) is 6.42 Å². The van der Waals surface area contributed by atoms with Gasteiger partial charge >= 0.3 is 0 Å². The number of benzene rings is 2. The third-order valence-electron chi connectivity index (χ3n) is 4.93. The molecule has 0 unspecified atom stereocenters. The highest BCUT2D eigenvalue weighted by atomic mass is 16.2. The maximum Gasteiger partial charge on any atom is 0.251 e. The second-order valence-electron chi connectivity index (χ2n) is 7.06. The van der Waals surface area contributed by atoms with Crippen LogP contribution in [0.1, 0.15) is 46.4 Å². The van der Waals surface area contributed by atoms with Crippen LogP contribution >= 0.6 is 0 Å². The molecule has 1 saturated heterocycles. The first kappa shape index (κ1) is 20.4. The monoisotopic (exact) mass is 394 g/mol. The normalized spacial score (nSPS) is 13.6. The highest BCUT2D eigenvalue weighted by Crippen LogP contribution is 2.29. The lowest BCUT2D eigenvalue weighted by atomic mass is 10.1. The number of anilines is 2. The highest BCUT2D eigenvalue weighted by Gasteiger charge is 2.17. The van der Waals surface area contributed by atoms with Crippen LogP contribution in [-0.4, -0.2) is 37.4 Å². The zero-order valence-corrected chi connectivity index (χ0v) is 16.3. The van der Waals surface area contributed by atoms with Crippen LogP contribution in [0.4, 0.5) is 11.4 Å². The predicted molar refractivity (Wildman–Crippen MR) is 113 cm³/mol. The second kappa shape index (κ2) is 9.73. The Morgan fingerprint density at radius 2 is 1.66 bits per heavy atom. The lowest BCUT2D eigenvalue weighted by molar-refractivity contribution is -0.116. The molecule has 0 saturated carbocycles. The summed E-state index contributed by atoms with van der Waals surface area (Å²) in [5, 5.41) is 5.62. The molecule has 29 heavy (non-hydrogen) atoms. The molecule has 0 atom stereocenters. The first-order chi connectivity index (χ1) is 14.0. The minimum Gasteiger partial charge on any atom is -0.370 e. The van der Waals surface area contributed by atoms with E-state index in [1.807, 2.05) is 12.1 Å². The van der Waals surface area contributed by atoms with Gasteiger partial charge in [0.05, 0.1) is 11.4 Å². The second-order valence-corrected chi connectivity index (χ2v) is 7.06. The number of carbonyl (C=O) groups is 3. The van der Waals surface area contributed by atoms with Gasteiger partial charge < -0.3 is 21.3 Å².